The van der Waals surface area contributed by atoms with E-state index in [4.69, 9.17) is 11.2 Å². The Hall–Kier alpha value is -3.00. The van der Waals surface area contributed by atoms with Crippen LogP contribution in [0, 0.1) is 12.3 Å². The lowest BCUT2D eigenvalue weighted by molar-refractivity contribution is -0.137. The van der Waals surface area contributed by atoms with Crippen molar-refractivity contribution in [3.63, 3.8) is 0 Å². The lowest BCUT2D eigenvalue weighted by Crippen LogP contribution is -2.37. The van der Waals surface area contributed by atoms with E-state index in [1.165, 1.54) is 16.1 Å². The fourth-order valence-electron chi connectivity index (χ4n) is 4.48. The molecular formula is C26H29N3O5S2. The fourth-order valence-corrected chi connectivity index (χ4v) is 6.50. The molecule has 8 nitrogen and oxygen atoms in total. The fraction of sp³-hybridized carbons (Fsp3) is 0.385. The standard InChI is InChI=1S/C26H29N3O5S2/c1-4-15-35-24-10-9-22-23(16-28(17-25(30)31)26(22)27-24)19-11-13-29(14-12-19)36(32,33)21-7-5-20(6-8-21)34-18(2)3/h1,5-10,16,18-19H,11-15,17H2,2-3H3,(H,30,31). The molecule has 3 heterocycles. The average Bonchev–Trinajstić information content (AvgIpc) is 3.19. The number of fused-ring (bicyclic) bond motifs is 1. The normalized spacial score (nSPS) is 15.3. The van der Waals surface area contributed by atoms with Crippen molar-refractivity contribution in [3.05, 3.63) is 48.2 Å². The molecular weight excluding hydrogens is 498 g/mol. The third-order valence-corrected chi connectivity index (χ3v) is 8.81. The topological polar surface area (TPSA) is 102 Å². The summed E-state index contributed by atoms with van der Waals surface area (Å²) in [5, 5.41) is 11.0. The molecule has 1 aliphatic heterocycles. The Morgan fingerprint density at radius 2 is 1.92 bits per heavy atom. The SMILES string of the molecule is C#CCSc1ccc2c(C3CCN(S(=O)(=O)c4ccc(OC(C)C)cc4)CC3)cn(CC(=O)O)c2n1. The van der Waals surface area contributed by atoms with E-state index >= 15 is 0 Å². The summed E-state index contributed by atoms with van der Waals surface area (Å²) in [6.07, 6.45) is 8.48. The van der Waals surface area contributed by atoms with E-state index in [0.717, 1.165) is 16.0 Å². The van der Waals surface area contributed by atoms with Gasteiger partial charge in [0.2, 0.25) is 10.0 Å². The number of carbonyl (C=O) groups is 1. The Morgan fingerprint density at radius 3 is 2.53 bits per heavy atom. The molecule has 1 fully saturated rings. The van der Waals surface area contributed by atoms with Crippen molar-refractivity contribution in [1.82, 2.24) is 13.9 Å². The number of benzene rings is 1. The van der Waals surface area contributed by atoms with E-state index in [0.29, 0.717) is 43.1 Å². The van der Waals surface area contributed by atoms with Crippen molar-refractivity contribution >= 4 is 38.8 Å². The second-order valence-corrected chi connectivity index (χ2v) is 11.9. The van der Waals surface area contributed by atoms with Crippen molar-refractivity contribution in [3.8, 4) is 18.1 Å². The first-order valence-corrected chi connectivity index (χ1v) is 14.2. The number of terminal acetylenes is 1. The van der Waals surface area contributed by atoms with Crippen LogP contribution in [0.1, 0.15) is 38.2 Å². The third kappa shape index (κ3) is 5.69. The second-order valence-electron chi connectivity index (χ2n) is 8.94. The third-order valence-electron chi connectivity index (χ3n) is 6.06. The van der Waals surface area contributed by atoms with Crippen LogP contribution in [0.4, 0.5) is 0 Å². The number of carboxylic acids is 1. The first-order valence-electron chi connectivity index (χ1n) is 11.7. The van der Waals surface area contributed by atoms with Crippen LogP contribution in [-0.2, 0) is 21.4 Å². The largest absolute Gasteiger partial charge is 0.491 e. The number of carboxylic acid groups (broad SMARTS) is 1. The zero-order valence-electron chi connectivity index (χ0n) is 20.3. The molecule has 3 aromatic rings. The minimum atomic E-state index is -3.62. The van der Waals surface area contributed by atoms with Gasteiger partial charge in [0, 0.05) is 24.7 Å². The highest BCUT2D eigenvalue weighted by Crippen LogP contribution is 2.36. The van der Waals surface area contributed by atoms with Crippen LogP contribution < -0.4 is 4.74 Å². The Kier molecular flexibility index (Phi) is 7.93. The summed E-state index contributed by atoms with van der Waals surface area (Å²) in [5.74, 6) is 2.83. The maximum Gasteiger partial charge on any atom is 0.323 e. The molecule has 10 heteroatoms. The summed E-state index contributed by atoms with van der Waals surface area (Å²) < 4.78 is 35.2. The van der Waals surface area contributed by atoms with Crippen LogP contribution in [0.5, 0.6) is 5.75 Å². The first kappa shape index (κ1) is 26.1. The van der Waals surface area contributed by atoms with Gasteiger partial charge in [-0.3, -0.25) is 4.79 Å². The van der Waals surface area contributed by atoms with Gasteiger partial charge in [-0.25, -0.2) is 13.4 Å². The summed E-state index contributed by atoms with van der Waals surface area (Å²) in [5.41, 5.74) is 1.60. The molecule has 0 amide bonds. The number of hydrogen-bond donors (Lipinski definition) is 1. The lowest BCUT2D eigenvalue weighted by atomic mass is 9.90. The molecule has 36 heavy (non-hydrogen) atoms. The highest BCUT2D eigenvalue weighted by atomic mass is 32.2. The molecule has 1 aromatic carbocycles. The minimum absolute atomic E-state index is 0.0106. The Labute approximate surface area is 215 Å². The predicted octanol–water partition coefficient (Wildman–Crippen LogP) is 4.20. The molecule has 0 spiro atoms. The van der Waals surface area contributed by atoms with Gasteiger partial charge in [-0.1, -0.05) is 17.7 Å². The summed E-state index contributed by atoms with van der Waals surface area (Å²) in [6, 6.07) is 10.4. The summed E-state index contributed by atoms with van der Waals surface area (Å²) in [4.78, 5) is 16.4. The van der Waals surface area contributed by atoms with Crippen LogP contribution in [0.25, 0.3) is 11.0 Å². The molecule has 2 aromatic heterocycles. The molecule has 0 bridgehead atoms. The molecule has 0 unspecified atom stereocenters. The van der Waals surface area contributed by atoms with Gasteiger partial charge in [-0.2, -0.15) is 4.31 Å². The van der Waals surface area contributed by atoms with Gasteiger partial charge < -0.3 is 14.4 Å². The van der Waals surface area contributed by atoms with Crippen molar-refractivity contribution in [2.24, 2.45) is 0 Å². The Morgan fingerprint density at radius 1 is 1.22 bits per heavy atom. The van der Waals surface area contributed by atoms with E-state index in [1.54, 1.807) is 28.8 Å². The van der Waals surface area contributed by atoms with Gasteiger partial charge in [0.25, 0.3) is 0 Å². The lowest BCUT2D eigenvalue weighted by Gasteiger charge is -2.31. The predicted molar refractivity (Wildman–Crippen MR) is 140 cm³/mol. The van der Waals surface area contributed by atoms with Crippen LogP contribution in [0.15, 0.2) is 52.5 Å². The molecule has 1 aliphatic rings. The monoisotopic (exact) mass is 527 g/mol. The number of pyridine rings is 1. The number of piperidine rings is 1. The smallest absolute Gasteiger partial charge is 0.323 e. The van der Waals surface area contributed by atoms with Crippen molar-refractivity contribution in [1.29, 1.82) is 0 Å². The van der Waals surface area contributed by atoms with Gasteiger partial charge >= 0.3 is 5.97 Å². The van der Waals surface area contributed by atoms with Gasteiger partial charge in [-0.15, -0.1) is 6.42 Å². The van der Waals surface area contributed by atoms with Crippen LogP contribution in [-0.4, -0.2) is 58.3 Å². The highest BCUT2D eigenvalue weighted by molar-refractivity contribution is 7.99. The number of hydrogen-bond acceptors (Lipinski definition) is 6. The number of aliphatic carboxylic acids is 1. The number of thioether (sulfide) groups is 1. The number of aromatic nitrogens is 2. The van der Waals surface area contributed by atoms with Gasteiger partial charge in [-0.05, 0) is 74.6 Å². The molecule has 4 rings (SSSR count). The average molecular weight is 528 g/mol. The van der Waals surface area contributed by atoms with E-state index < -0.39 is 16.0 Å². The number of nitrogens with zero attached hydrogens (tertiary/aromatic N) is 3. The minimum Gasteiger partial charge on any atom is -0.491 e. The molecule has 1 N–H and O–H groups in total. The summed E-state index contributed by atoms with van der Waals surface area (Å²) in [7, 11) is -3.62. The highest BCUT2D eigenvalue weighted by Gasteiger charge is 2.31. The maximum absolute atomic E-state index is 13.2. The summed E-state index contributed by atoms with van der Waals surface area (Å²) >= 11 is 1.42. The van der Waals surface area contributed by atoms with Crippen molar-refractivity contribution in [2.75, 3.05) is 18.8 Å². The molecule has 0 atom stereocenters. The van der Waals surface area contributed by atoms with E-state index in [1.807, 2.05) is 32.2 Å². The van der Waals surface area contributed by atoms with Crippen molar-refractivity contribution in [2.45, 2.75) is 55.2 Å². The van der Waals surface area contributed by atoms with E-state index in [9.17, 15) is 18.3 Å². The molecule has 0 aliphatic carbocycles. The molecule has 0 saturated carbocycles. The number of sulfonamides is 1. The number of rotatable bonds is 9. The Balaban J connectivity index is 1.53. The van der Waals surface area contributed by atoms with Gasteiger partial charge in [0.1, 0.15) is 17.9 Å². The van der Waals surface area contributed by atoms with Gasteiger partial charge in [0.05, 0.1) is 21.8 Å². The van der Waals surface area contributed by atoms with E-state index in [-0.39, 0.29) is 23.5 Å². The molecule has 190 valence electrons. The van der Waals surface area contributed by atoms with Crippen LogP contribution >= 0.6 is 11.8 Å². The van der Waals surface area contributed by atoms with Gasteiger partial charge in [0.15, 0.2) is 0 Å². The quantitative estimate of drug-likeness (QED) is 0.329. The van der Waals surface area contributed by atoms with Crippen LogP contribution in [0.3, 0.4) is 0 Å². The zero-order chi connectivity index (χ0) is 25.9. The second kappa shape index (κ2) is 10.9. The van der Waals surface area contributed by atoms with E-state index in [2.05, 4.69) is 10.9 Å². The van der Waals surface area contributed by atoms with Crippen molar-refractivity contribution < 1.29 is 23.1 Å². The Bertz CT molecular complexity index is 1380. The molecule has 0 radical (unpaired) electrons. The number of ether oxygens (including phenoxy) is 1. The zero-order valence-corrected chi connectivity index (χ0v) is 21.9. The van der Waals surface area contributed by atoms with Crippen LogP contribution in [0.2, 0.25) is 0 Å². The summed E-state index contributed by atoms with van der Waals surface area (Å²) in [6.45, 7) is 4.40. The molecule has 1 saturated heterocycles. The first-order chi connectivity index (χ1) is 17.2. The maximum atomic E-state index is 13.2.